The molecular formula is C29H37N3O6S. The van der Waals surface area contributed by atoms with Crippen LogP contribution in [0.1, 0.15) is 69.9 Å². The lowest BCUT2D eigenvalue weighted by molar-refractivity contribution is -0.0312. The maximum Gasteiger partial charge on any atom is 0.410 e. The Morgan fingerprint density at radius 2 is 1.87 bits per heavy atom. The Labute approximate surface area is 229 Å². The van der Waals surface area contributed by atoms with Gasteiger partial charge in [-0.3, -0.25) is 9.52 Å². The molecule has 0 saturated carbocycles. The zero-order chi connectivity index (χ0) is 28.3. The summed E-state index contributed by atoms with van der Waals surface area (Å²) in [5.74, 6) is -0.0672. The van der Waals surface area contributed by atoms with E-state index in [4.69, 9.17) is 9.47 Å². The summed E-state index contributed by atoms with van der Waals surface area (Å²) in [6.07, 6.45) is 6.58. The lowest BCUT2D eigenvalue weighted by Crippen LogP contribution is -2.44. The number of benzene rings is 1. The predicted molar refractivity (Wildman–Crippen MR) is 151 cm³/mol. The second-order valence-electron chi connectivity index (χ2n) is 12.3. The molecular weight excluding hydrogens is 518 g/mol. The Morgan fingerprint density at radius 1 is 1.18 bits per heavy atom. The maximum atomic E-state index is 13.7. The number of nitrogens with one attached hydrogen (secondary N) is 2. The molecule has 9 nitrogen and oxygen atoms in total. The molecule has 1 atom stereocenters. The van der Waals surface area contributed by atoms with Crippen molar-refractivity contribution in [2.75, 3.05) is 24.1 Å². The minimum atomic E-state index is -3.44. The van der Waals surface area contributed by atoms with Crippen molar-refractivity contribution in [1.82, 2.24) is 9.88 Å². The number of carbonyl (C=O) groups is 2. The topological polar surface area (TPSA) is 118 Å². The second kappa shape index (κ2) is 9.52. The SMILES string of the molecule is CC(C)(C)OC(=O)N1CCC(OC2C=CC3=C(C2)C(C)(C)c2[nH]c4ccc(NS(C)(=O)=O)cc4c2C3=O)CC1. The predicted octanol–water partition coefficient (Wildman–Crippen LogP) is 5.05. The van der Waals surface area contributed by atoms with E-state index in [1.165, 1.54) is 0 Å². The molecule has 3 aliphatic rings. The Morgan fingerprint density at radius 3 is 2.51 bits per heavy atom. The number of aromatic amines is 1. The zero-order valence-electron chi connectivity index (χ0n) is 23.4. The zero-order valence-corrected chi connectivity index (χ0v) is 24.2. The summed E-state index contributed by atoms with van der Waals surface area (Å²) >= 11 is 0. The van der Waals surface area contributed by atoms with Gasteiger partial charge in [-0.1, -0.05) is 26.0 Å². The highest BCUT2D eigenvalue weighted by molar-refractivity contribution is 7.92. The number of ketones is 1. The number of hydrogen-bond donors (Lipinski definition) is 2. The van der Waals surface area contributed by atoms with Gasteiger partial charge in [-0.2, -0.15) is 0 Å². The largest absolute Gasteiger partial charge is 0.444 e. The normalized spacial score (nSPS) is 21.6. The first-order chi connectivity index (χ1) is 18.1. The van der Waals surface area contributed by atoms with Crippen molar-refractivity contribution < 1.29 is 27.5 Å². The lowest BCUT2D eigenvalue weighted by atomic mass is 9.68. The first kappa shape index (κ1) is 27.5. The number of hydrogen-bond acceptors (Lipinski definition) is 6. The Kier molecular flexibility index (Phi) is 6.70. The molecule has 1 unspecified atom stereocenters. The van der Waals surface area contributed by atoms with Gasteiger partial charge in [-0.15, -0.1) is 0 Å². The molecule has 0 radical (unpaired) electrons. The molecule has 2 aromatic rings. The van der Waals surface area contributed by atoms with Gasteiger partial charge < -0.3 is 19.4 Å². The van der Waals surface area contributed by atoms with E-state index in [1.54, 1.807) is 23.1 Å². The van der Waals surface area contributed by atoms with Crippen molar-refractivity contribution >= 4 is 38.5 Å². The van der Waals surface area contributed by atoms with Gasteiger partial charge in [0.15, 0.2) is 5.78 Å². The third-order valence-electron chi connectivity index (χ3n) is 7.62. The van der Waals surface area contributed by atoms with Crippen molar-refractivity contribution in [3.63, 3.8) is 0 Å². The van der Waals surface area contributed by atoms with Gasteiger partial charge >= 0.3 is 6.09 Å². The number of rotatable bonds is 4. The fraction of sp³-hybridized carbons (Fsp3) is 0.517. The van der Waals surface area contributed by atoms with E-state index in [0.29, 0.717) is 41.7 Å². The average Bonchev–Trinajstić information content (AvgIpc) is 3.21. The van der Waals surface area contributed by atoms with Crippen LogP contribution in [0.15, 0.2) is 41.5 Å². The quantitative estimate of drug-likeness (QED) is 0.545. The number of fused-ring (bicyclic) bond motifs is 3. The average molecular weight is 556 g/mol. The number of anilines is 1. The number of likely N-dealkylation sites (tertiary alicyclic amines) is 1. The van der Waals surface area contributed by atoms with Crippen molar-refractivity contribution in [2.45, 2.75) is 77.1 Å². The number of allylic oxidation sites excluding steroid dienone is 2. The van der Waals surface area contributed by atoms with Gasteiger partial charge in [0.1, 0.15) is 5.60 Å². The lowest BCUT2D eigenvalue weighted by Gasteiger charge is -2.39. The van der Waals surface area contributed by atoms with E-state index < -0.39 is 21.0 Å². The number of carbonyl (C=O) groups excluding carboxylic acids is 2. The van der Waals surface area contributed by atoms with Crippen LogP contribution < -0.4 is 4.72 Å². The molecule has 1 fully saturated rings. The number of amides is 1. The first-order valence-corrected chi connectivity index (χ1v) is 15.3. The minimum absolute atomic E-state index is 0.0206. The van der Waals surface area contributed by atoms with Crippen LogP contribution >= 0.6 is 0 Å². The molecule has 2 N–H and O–H groups in total. The van der Waals surface area contributed by atoms with Gasteiger partial charge in [-0.25, -0.2) is 13.2 Å². The van der Waals surface area contributed by atoms with Crippen LogP contribution in [-0.4, -0.2) is 67.3 Å². The summed E-state index contributed by atoms with van der Waals surface area (Å²) in [7, 11) is -3.44. The maximum absolute atomic E-state index is 13.7. The van der Waals surface area contributed by atoms with Crippen molar-refractivity contribution in [1.29, 1.82) is 0 Å². The molecule has 1 saturated heterocycles. The van der Waals surface area contributed by atoms with E-state index >= 15 is 0 Å². The number of nitrogens with zero attached hydrogens (tertiary/aromatic N) is 1. The molecule has 1 amide bonds. The van der Waals surface area contributed by atoms with Crippen LogP contribution in [-0.2, 0) is 24.9 Å². The minimum Gasteiger partial charge on any atom is -0.444 e. The first-order valence-electron chi connectivity index (χ1n) is 13.4. The molecule has 1 aromatic heterocycles. The van der Waals surface area contributed by atoms with Gasteiger partial charge in [0, 0.05) is 52.8 Å². The molecule has 39 heavy (non-hydrogen) atoms. The number of H-pyrrole nitrogens is 1. The molecule has 2 aliphatic carbocycles. The van der Waals surface area contributed by atoms with E-state index in [-0.39, 0.29) is 24.1 Å². The van der Waals surface area contributed by atoms with Crippen LogP contribution in [0.5, 0.6) is 0 Å². The number of aromatic nitrogens is 1. The summed E-state index contributed by atoms with van der Waals surface area (Å²) in [5.41, 5.74) is 3.36. The number of piperidine rings is 1. The van der Waals surface area contributed by atoms with E-state index in [9.17, 15) is 18.0 Å². The molecule has 1 aliphatic heterocycles. The van der Waals surface area contributed by atoms with E-state index in [0.717, 1.165) is 35.9 Å². The smallest absolute Gasteiger partial charge is 0.410 e. The number of ether oxygens (including phenoxy) is 2. The van der Waals surface area contributed by atoms with Crippen molar-refractivity contribution in [3.05, 3.63) is 52.8 Å². The Bertz CT molecular complexity index is 1500. The van der Waals surface area contributed by atoms with Crippen LogP contribution in [0, 0.1) is 0 Å². The molecule has 2 heterocycles. The highest BCUT2D eigenvalue weighted by Crippen LogP contribution is 2.47. The highest BCUT2D eigenvalue weighted by Gasteiger charge is 2.43. The van der Waals surface area contributed by atoms with Crippen molar-refractivity contribution in [2.24, 2.45) is 0 Å². The molecule has 10 heteroatoms. The third kappa shape index (κ3) is 5.49. The molecule has 210 valence electrons. The monoisotopic (exact) mass is 555 g/mol. The van der Waals surface area contributed by atoms with Crippen LogP contribution in [0.3, 0.4) is 0 Å². The summed E-state index contributed by atoms with van der Waals surface area (Å²) < 4.78 is 38.0. The van der Waals surface area contributed by atoms with Crippen molar-refractivity contribution in [3.8, 4) is 0 Å². The number of Topliss-reactive ketones (excluding diaryl/α,β-unsaturated/α-hetero) is 1. The Hall–Kier alpha value is -3.11. The van der Waals surface area contributed by atoms with Gasteiger partial charge in [0.25, 0.3) is 0 Å². The third-order valence-corrected chi connectivity index (χ3v) is 8.23. The summed E-state index contributed by atoms with van der Waals surface area (Å²) in [5, 5.41) is 0.701. The summed E-state index contributed by atoms with van der Waals surface area (Å²) in [4.78, 5) is 31.3. The molecule has 0 spiro atoms. The van der Waals surface area contributed by atoms with Crippen LogP contribution in [0.25, 0.3) is 10.9 Å². The highest BCUT2D eigenvalue weighted by atomic mass is 32.2. The van der Waals surface area contributed by atoms with E-state index in [2.05, 4.69) is 23.6 Å². The molecule has 0 bridgehead atoms. The standard InChI is InChI=1S/C29H37N3O6S/c1-28(2,3)38-27(34)32-13-11-18(12-14-32)37-19-8-9-20-22(16-19)29(4,5)26-24(25(20)33)21-15-17(31-39(6,35)36)7-10-23(21)30-26/h7-10,15,18-19,30-31H,11-14,16H2,1-6H3. The molecule has 5 rings (SSSR count). The summed E-state index contributed by atoms with van der Waals surface area (Å²) in [6, 6.07) is 5.20. The van der Waals surface area contributed by atoms with Crippen LogP contribution in [0.4, 0.5) is 10.5 Å². The van der Waals surface area contributed by atoms with Gasteiger partial charge in [0.05, 0.1) is 24.0 Å². The van der Waals surface area contributed by atoms with Gasteiger partial charge in [0.2, 0.25) is 10.0 Å². The Balaban J connectivity index is 1.32. The fourth-order valence-electron chi connectivity index (χ4n) is 5.79. The van der Waals surface area contributed by atoms with Gasteiger partial charge in [-0.05, 0) is 57.4 Å². The number of sulfonamides is 1. The second-order valence-corrected chi connectivity index (χ2v) is 14.0. The van der Waals surface area contributed by atoms with E-state index in [1.807, 2.05) is 32.9 Å². The summed E-state index contributed by atoms with van der Waals surface area (Å²) in [6.45, 7) is 11.0. The molecule has 1 aromatic carbocycles. The fourth-order valence-corrected chi connectivity index (χ4v) is 6.34. The van der Waals surface area contributed by atoms with Crippen LogP contribution in [0.2, 0.25) is 0 Å².